The molecule has 3 saturated heterocycles. The molecule has 0 aromatic heterocycles. The number of hydrogen-bond acceptors (Lipinski definition) is 4. The Balaban J connectivity index is 1.56. The van der Waals surface area contributed by atoms with E-state index in [1.165, 1.54) is 5.56 Å². The Labute approximate surface area is 123 Å². The van der Waals surface area contributed by atoms with Crippen LogP contribution in [0.25, 0.3) is 0 Å². The second-order valence-electron chi connectivity index (χ2n) is 6.49. The van der Waals surface area contributed by atoms with Gasteiger partial charge in [0.25, 0.3) is 0 Å². The largest absolute Gasteiger partial charge is 0.342 e. The number of hydrogen-bond donors (Lipinski definition) is 0. The van der Waals surface area contributed by atoms with Crippen molar-refractivity contribution >= 4 is 0 Å². The van der Waals surface area contributed by atoms with Gasteiger partial charge in [-0.3, -0.25) is 4.90 Å². The summed E-state index contributed by atoms with van der Waals surface area (Å²) < 4.78 is 31.7. The third kappa shape index (κ3) is 2.28. The summed E-state index contributed by atoms with van der Waals surface area (Å²) in [7, 11) is 0. The van der Waals surface area contributed by atoms with E-state index in [1.54, 1.807) is 0 Å². The number of halogens is 1. The van der Waals surface area contributed by atoms with Crippen LogP contribution in [-0.2, 0) is 20.8 Å². The topological polar surface area (TPSA) is 30.9 Å². The van der Waals surface area contributed by atoms with E-state index < -0.39 is 24.4 Å². The predicted octanol–water partition coefficient (Wildman–Crippen LogP) is 2.09. The highest BCUT2D eigenvalue weighted by Crippen LogP contribution is 2.44. The monoisotopic (exact) mass is 293 g/mol. The van der Waals surface area contributed by atoms with Gasteiger partial charge in [0.15, 0.2) is 12.1 Å². The van der Waals surface area contributed by atoms with Gasteiger partial charge in [-0.05, 0) is 19.4 Å². The number of rotatable bonds is 2. The van der Waals surface area contributed by atoms with Crippen LogP contribution >= 0.6 is 0 Å². The number of ether oxygens (including phenoxy) is 3. The molecule has 0 radical (unpaired) electrons. The average molecular weight is 293 g/mol. The molecule has 3 heterocycles. The molecule has 4 rings (SSSR count). The lowest BCUT2D eigenvalue weighted by atomic mass is 10.1. The molecule has 1 aromatic carbocycles. The van der Waals surface area contributed by atoms with Crippen molar-refractivity contribution in [1.82, 2.24) is 4.90 Å². The first-order valence-electron chi connectivity index (χ1n) is 7.47. The molecule has 0 saturated carbocycles. The summed E-state index contributed by atoms with van der Waals surface area (Å²) in [4.78, 5) is 2.13. The van der Waals surface area contributed by atoms with Crippen LogP contribution in [0.5, 0.6) is 0 Å². The first kappa shape index (κ1) is 13.6. The van der Waals surface area contributed by atoms with Crippen LogP contribution in [0.1, 0.15) is 19.4 Å². The normalized spacial score (nSPS) is 41.2. The van der Waals surface area contributed by atoms with Gasteiger partial charge in [-0.2, -0.15) is 0 Å². The number of alkyl halides is 1. The van der Waals surface area contributed by atoms with Crippen LogP contribution in [-0.4, -0.2) is 47.9 Å². The minimum Gasteiger partial charge on any atom is -0.342 e. The lowest BCUT2D eigenvalue weighted by Gasteiger charge is -2.27. The van der Waals surface area contributed by atoms with Crippen molar-refractivity contribution in [3.8, 4) is 0 Å². The second-order valence-corrected chi connectivity index (χ2v) is 6.49. The molecule has 5 heteroatoms. The summed E-state index contributed by atoms with van der Waals surface area (Å²) in [5, 5.41) is 0. The van der Waals surface area contributed by atoms with E-state index >= 15 is 0 Å². The Morgan fingerprint density at radius 3 is 2.71 bits per heavy atom. The zero-order valence-electron chi connectivity index (χ0n) is 12.2. The van der Waals surface area contributed by atoms with Gasteiger partial charge in [-0.1, -0.05) is 30.3 Å². The number of benzene rings is 1. The summed E-state index contributed by atoms with van der Waals surface area (Å²) in [6, 6.07) is 10.0. The van der Waals surface area contributed by atoms with Crippen LogP contribution in [0.3, 0.4) is 0 Å². The summed E-state index contributed by atoms with van der Waals surface area (Å²) in [6.45, 7) is 4.83. The molecule has 4 nitrogen and oxygen atoms in total. The lowest BCUT2D eigenvalue weighted by molar-refractivity contribution is -0.210. The summed E-state index contributed by atoms with van der Waals surface area (Å²) in [5.74, 6) is -0.660. The smallest absolute Gasteiger partial charge is 0.189 e. The van der Waals surface area contributed by atoms with Crippen LogP contribution in [0, 0.1) is 0 Å². The van der Waals surface area contributed by atoms with Crippen LogP contribution in [0.4, 0.5) is 4.39 Å². The van der Waals surface area contributed by atoms with Crippen molar-refractivity contribution in [2.24, 2.45) is 0 Å². The highest BCUT2D eigenvalue weighted by molar-refractivity contribution is 5.16. The maximum absolute atomic E-state index is 14.3. The highest BCUT2D eigenvalue weighted by Gasteiger charge is 2.61. The number of nitrogens with zero attached hydrogens (tertiary/aromatic N) is 1. The first-order chi connectivity index (χ1) is 10.0. The van der Waals surface area contributed by atoms with Gasteiger partial charge in [-0.25, -0.2) is 4.39 Å². The predicted molar refractivity (Wildman–Crippen MR) is 74.2 cm³/mol. The fourth-order valence-electron chi connectivity index (χ4n) is 3.67. The quantitative estimate of drug-likeness (QED) is 0.835. The van der Waals surface area contributed by atoms with E-state index in [2.05, 4.69) is 17.0 Å². The molecule has 5 unspecified atom stereocenters. The molecule has 5 atom stereocenters. The molecule has 0 aliphatic carbocycles. The molecular weight excluding hydrogens is 273 g/mol. The van der Waals surface area contributed by atoms with Crippen LogP contribution < -0.4 is 0 Å². The summed E-state index contributed by atoms with van der Waals surface area (Å²) in [6.07, 6.45) is -2.10. The molecule has 1 aromatic rings. The third-order valence-corrected chi connectivity index (χ3v) is 4.47. The van der Waals surface area contributed by atoms with Gasteiger partial charge >= 0.3 is 0 Å². The molecule has 0 amide bonds. The Kier molecular flexibility index (Phi) is 3.08. The van der Waals surface area contributed by atoms with Crippen molar-refractivity contribution in [2.75, 3.05) is 6.54 Å². The average Bonchev–Trinajstić information content (AvgIpc) is 3.00. The Hall–Kier alpha value is -1.01. The molecule has 3 fully saturated rings. The van der Waals surface area contributed by atoms with Crippen LogP contribution in [0.15, 0.2) is 30.3 Å². The fourth-order valence-corrected chi connectivity index (χ4v) is 3.67. The molecule has 3 aliphatic rings. The number of fused-ring (bicyclic) bond motifs is 3. The maximum Gasteiger partial charge on any atom is 0.189 e. The molecule has 0 bridgehead atoms. The molecule has 21 heavy (non-hydrogen) atoms. The van der Waals surface area contributed by atoms with Crippen LogP contribution in [0.2, 0.25) is 0 Å². The van der Waals surface area contributed by atoms with Gasteiger partial charge in [0, 0.05) is 13.1 Å². The number of likely N-dealkylation sites (tertiary alicyclic amines) is 1. The van der Waals surface area contributed by atoms with E-state index in [4.69, 9.17) is 14.2 Å². The van der Waals surface area contributed by atoms with Crippen molar-refractivity contribution in [1.29, 1.82) is 0 Å². The van der Waals surface area contributed by atoms with Crippen molar-refractivity contribution in [2.45, 2.75) is 56.9 Å². The Morgan fingerprint density at radius 1 is 1.19 bits per heavy atom. The third-order valence-electron chi connectivity index (χ3n) is 4.47. The zero-order valence-corrected chi connectivity index (χ0v) is 12.2. The highest BCUT2D eigenvalue weighted by atomic mass is 19.1. The van der Waals surface area contributed by atoms with Gasteiger partial charge < -0.3 is 14.2 Å². The molecular formula is C16H20FNO3. The van der Waals surface area contributed by atoms with E-state index in [-0.39, 0.29) is 12.1 Å². The second kappa shape index (κ2) is 4.74. The molecule has 0 spiro atoms. The minimum absolute atomic E-state index is 0.0769. The SMILES string of the molecule is CC1(C)OC2OC3C(F)CN(Cc4ccccc4)C3C2O1. The van der Waals surface area contributed by atoms with Gasteiger partial charge in [0.2, 0.25) is 0 Å². The van der Waals surface area contributed by atoms with E-state index in [0.717, 1.165) is 0 Å². The van der Waals surface area contributed by atoms with Gasteiger partial charge in [0.05, 0.1) is 6.04 Å². The maximum atomic E-state index is 14.3. The fraction of sp³-hybridized carbons (Fsp3) is 0.625. The van der Waals surface area contributed by atoms with Gasteiger partial charge in [-0.15, -0.1) is 0 Å². The molecule has 3 aliphatic heterocycles. The Bertz CT molecular complexity index is 524. The molecule has 114 valence electrons. The van der Waals surface area contributed by atoms with Crippen molar-refractivity contribution in [3.05, 3.63) is 35.9 Å². The summed E-state index contributed by atoms with van der Waals surface area (Å²) in [5.41, 5.74) is 1.17. The van der Waals surface area contributed by atoms with E-state index in [0.29, 0.717) is 13.1 Å². The standard InChI is InChI=1S/C16H20FNO3/c1-16(2)20-14-12-13(19-15(14)21-16)11(17)9-18(12)8-10-6-4-3-5-7-10/h3-7,11-15H,8-9H2,1-2H3. The van der Waals surface area contributed by atoms with E-state index in [1.807, 2.05) is 32.0 Å². The first-order valence-corrected chi connectivity index (χ1v) is 7.47. The lowest BCUT2D eigenvalue weighted by Crippen LogP contribution is -2.42. The van der Waals surface area contributed by atoms with Gasteiger partial charge in [0.1, 0.15) is 18.4 Å². The van der Waals surface area contributed by atoms with Crippen molar-refractivity contribution < 1.29 is 18.6 Å². The Morgan fingerprint density at radius 2 is 1.95 bits per heavy atom. The minimum atomic E-state index is -0.986. The molecule has 0 N–H and O–H groups in total. The summed E-state index contributed by atoms with van der Waals surface area (Å²) >= 11 is 0. The van der Waals surface area contributed by atoms with E-state index in [9.17, 15) is 4.39 Å². The zero-order chi connectivity index (χ0) is 14.6. The van der Waals surface area contributed by atoms with Crippen molar-refractivity contribution in [3.63, 3.8) is 0 Å².